The summed E-state index contributed by atoms with van der Waals surface area (Å²) >= 11 is 0. The lowest BCUT2D eigenvalue weighted by Crippen LogP contribution is -2.45. The third-order valence-electron chi connectivity index (χ3n) is 4.29. The molecule has 4 nitrogen and oxygen atoms in total. The number of hydrogen-bond acceptors (Lipinski definition) is 3. The Morgan fingerprint density at radius 2 is 1.46 bits per heavy atom. The Balaban J connectivity index is 2.20. The Bertz CT molecular complexity index is 796. The molecule has 0 radical (unpaired) electrons. The van der Waals surface area contributed by atoms with Gasteiger partial charge in [0.1, 0.15) is 11.6 Å². The van der Waals surface area contributed by atoms with Gasteiger partial charge in [0.2, 0.25) is 0 Å². The Morgan fingerprint density at radius 1 is 0.893 bits per heavy atom. The van der Waals surface area contributed by atoms with E-state index in [4.69, 9.17) is 4.74 Å². The van der Waals surface area contributed by atoms with Gasteiger partial charge in [-0.1, -0.05) is 63.2 Å². The van der Waals surface area contributed by atoms with E-state index in [0.717, 1.165) is 5.56 Å². The summed E-state index contributed by atoms with van der Waals surface area (Å²) in [5, 5.41) is 2.84. The van der Waals surface area contributed by atoms with Crippen molar-refractivity contribution in [3.63, 3.8) is 0 Å². The Labute approximate surface area is 168 Å². The fourth-order valence-electron chi connectivity index (χ4n) is 2.77. The number of carbonyl (C=O) groups excluding carboxylic acids is 2. The van der Waals surface area contributed by atoms with Gasteiger partial charge in [-0.3, -0.25) is 4.79 Å². The van der Waals surface area contributed by atoms with Crippen LogP contribution in [0.1, 0.15) is 63.0 Å². The van der Waals surface area contributed by atoms with Crippen molar-refractivity contribution in [3.8, 4) is 0 Å². The van der Waals surface area contributed by atoms with Crippen molar-refractivity contribution in [3.05, 3.63) is 71.3 Å². The Hall–Kier alpha value is -2.62. The van der Waals surface area contributed by atoms with Crippen LogP contribution < -0.4 is 5.32 Å². The zero-order valence-electron chi connectivity index (χ0n) is 17.7. The van der Waals surface area contributed by atoms with Gasteiger partial charge in [0.15, 0.2) is 0 Å². The molecule has 0 saturated carbocycles. The van der Waals surface area contributed by atoms with E-state index in [1.165, 1.54) is 5.56 Å². The normalized spacial score (nSPS) is 12.9. The minimum atomic E-state index is -0.757. The van der Waals surface area contributed by atoms with Gasteiger partial charge in [0.25, 0.3) is 5.91 Å². The van der Waals surface area contributed by atoms with Crippen LogP contribution in [0.25, 0.3) is 0 Å². The molecule has 2 rings (SSSR count). The molecule has 0 saturated heterocycles. The summed E-state index contributed by atoms with van der Waals surface area (Å²) in [7, 11) is 0. The molecular formula is C24H31NO3. The molecule has 0 aliphatic carbocycles. The van der Waals surface area contributed by atoms with Crippen LogP contribution in [-0.4, -0.2) is 23.5 Å². The van der Waals surface area contributed by atoms with Crippen LogP contribution in [0.4, 0.5) is 0 Å². The predicted molar refractivity (Wildman–Crippen MR) is 112 cm³/mol. The summed E-state index contributed by atoms with van der Waals surface area (Å²) in [4.78, 5) is 25.3. The van der Waals surface area contributed by atoms with Gasteiger partial charge < -0.3 is 10.1 Å². The molecule has 0 aliphatic heterocycles. The van der Waals surface area contributed by atoms with Crippen LogP contribution in [0.5, 0.6) is 0 Å². The van der Waals surface area contributed by atoms with Gasteiger partial charge in [-0.2, -0.15) is 0 Å². The number of carbonyl (C=O) groups is 2. The van der Waals surface area contributed by atoms with Crippen LogP contribution in [-0.2, 0) is 21.4 Å². The summed E-state index contributed by atoms with van der Waals surface area (Å²) in [6.45, 7) is 11.9. The molecule has 2 aromatic rings. The zero-order chi connectivity index (χ0) is 20.9. The van der Waals surface area contributed by atoms with Gasteiger partial charge in [-0.15, -0.1) is 0 Å². The lowest BCUT2D eigenvalue weighted by Gasteiger charge is -2.25. The lowest BCUT2D eigenvalue weighted by molar-refractivity contribution is -0.157. The Morgan fingerprint density at radius 3 is 1.96 bits per heavy atom. The first-order valence-corrected chi connectivity index (χ1v) is 9.64. The van der Waals surface area contributed by atoms with Gasteiger partial charge in [0, 0.05) is 12.0 Å². The number of ether oxygens (including phenoxy) is 1. The molecule has 0 fully saturated rings. The molecular weight excluding hydrogens is 350 g/mol. The third-order valence-corrected chi connectivity index (χ3v) is 4.29. The molecule has 0 bridgehead atoms. The van der Waals surface area contributed by atoms with Crippen LogP contribution in [0.3, 0.4) is 0 Å². The minimum absolute atomic E-state index is 0.0601. The number of hydrogen-bond donors (Lipinski definition) is 1. The molecule has 0 unspecified atom stereocenters. The van der Waals surface area contributed by atoms with Gasteiger partial charge in [-0.05, 0) is 49.4 Å². The highest BCUT2D eigenvalue weighted by Gasteiger charge is 2.27. The number of rotatable bonds is 5. The van der Waals surface area contributed by atoms with Gasteiger partial charge in [-0.25, -0.2) is 4.79 Å². The van der Waals surface area contributed by atoms with E-state index in [9.17, 15) is 9.59 Å². The Kier molecular flexibility index (Phi) is 6.65. The average molecular weight is 382 g/mol. The molecule has 0 heterocycles. The van der Waals surface area contributed by atoms with Crippen LogP contribution in [0.15, 0.2) is 54.6 Å². The maximum absolute atomic E-state index is 12.7. The van der Waals surface area contributed by atoms with Crippen molar-refractivity contribution < 1.29 is 14.3 Å². The maximum atomic E-state index is 12.7. The van der Waals surface area contributed by atoms with Crippen molar-refractivity contribution in [2.75, 3.05) is 0 Å². The number of benzene rings is 2. The van der Waals surface area contributed by atoms with E-state index in [-0.39, 0.29) is 11.3 Å². The fourth-order valence-corrected chi connectivity index (χ4v) is 2.77. The first-order valence-electron chi connectivity index (χ1n) is 9.64. The topological polar surface area (TPSA) is 55.4 Å². The van der Waals surface area contributed by atoms with E-state index in [1.807, 2.05) is 39.0 Å². The summed E-state index contributed by atoms with van der Waals surface area (Å²) in [6.07, 6.45) is 0.373. The quantitative estimate of drug-likeness (QED) is 0.766. The summed E-state index contributed by atoms with van der Waals surface area (Å²) in [6, 6.07) is 16.3. The van der Waals surface area contributed by atoms with Crippen molar-refractivity contribution in [1.29, 1.82) is 0 Å². The van der Waals surface area contributed by atoms with Crippen molar-refractivity contribution in [2.45, 2.75) is 65.0 Å². The monoisotopic (exact) mass is 381 g/mol. The molecule has 1 N–H and O–H groups in total. The van der Waals surface area contributed by atoms with Gasteiger partial charge >= 0.3 is 5.97 Å². The highest BCUT2D eigenvalue weighted by molar-refractivity contribution is 5.96. The molecule has 28 heavy (non-hydrogen) atoms. The van der Waals surface area contributed by atoms with Gasteiger partial charge in [0.05, 0.1) is 0 Å². The third kappa shape index (κ3) is 6.52. The molecule has 150 valence electrons. The molecule has 0 spiro atoms. The predicted octanol–water partition coefficient (Wildman–Crippen LogP) is 4.67. The first kappa shape index (κ1) is 21.7. The highest BCUT2D eigenvalue weighted by Crippen LogP contribution is 2.22. The largest absolute Gasteiger partial charge is 0.458 e. The molecule has 2 aromatic carbocycles. The minimum Gasteiger partial charge on any atom is -0.458 e. The zero-order valence-corrected chi connectivity index (χ0v) is 17.7. The molecule has 4 heteroatoms. The first-order chi connectivity index (χ1) is 13.0. The van der Waals surface area contributed by atoms with Crippen molar-refractivity contribution in [1.82, 2.24) is 5.32 Å². The van der Waals surface area contributed by atoms with Crippen molar-refractivity contribution >= 4 is 11.9 Å². The lowest BCUT2D eigenvalue weighted by atomic mass is 9.86. The second kappa shape index (κ2) is 8.59. The second-order valence-corrected chi connectivity index (χ2v) is 9.08. The van der Waals surface area contributed by atoms with E-state index in [2.05, 4.69) is 38.2 Å². The summed E-state index contributed by atoms with van der Waals surface area (Å²) in [5.41, 5.74) is 2.14. The molecule has 1 atom stereocenters. The number of amides is 1. The van der Waals surface area contributed by atoms with E-state index < -0.39 is 17.6 Å². The van der Waals surface area contributed by atoms with Crippen LogP contribution in [0.2, 0.25) is 0 Å². The highest BCUT2D eigenvalue weighted by atomic mass is 16.6. The van der Waals surface area contributed by atoms with E-state index >= 15 is 0 Å². The SMILES string of the molecule is CC(C)(C)OC(=O)[C@@H](Cc1ccc(C(C)(C)C)cc1)NC(=O)c1ccccc1. The van der Waals surface area contributed by atoms with E-state index in [1.54, 1.807) is 24.3 Å². The maximum Gasteiger partial charge on any atom is 0.329 e. The smallest absolute Gasteiger partial charge is 0.329 e. The molecule has 0 aromatic heterocycles. The van der Waals surface area contributed by atoms with Crippen molar-refractivity contribution in [2.24, 2.45) is 0 Å². The average Bonchev–Trinajstić information content (AvgIpc) is 2.60. The summed E-state index contributed by atoms with van der Waals surface area (Å²) < 4.78 is 5.53. The molecule has 0 aliphatic rings. The fraction of sp³-hybridized carbons (Fsp3) is 0.417. The van der Waals surface area contributed by atoms with Crippen LogP contribution in [0, 0.1) is 0 Å². The number of esters is 1. The number of nitrogens with one attached hydrogen (secondary N) is 1. The van der Waals surface area contributed by atoms with E-state index in [0.29, 0.717) is 12.0 Å². The molecule has 1 amide bonds. The second-order valence-electron chi connectivity index (χ2n) is 9.08. The summed E-state index contributed by atoms with van der Waals surface area (Å²) in [5.74, 6) is -0.723. The standard InChI is InChI=1S/C24H31NO3/c1-23(2,3)19-14-12-17(13-15-19)16-20(22(27)28-24(4,5)6)25-21(26)18-10-8-7-9-11-18/h7-15,20H,16H2,1-6H3,(H,25,26)/t20-/m1/s1. The van der Waals surface area contributed by atoms with Crippen LogP contribution >= 0.6 is 0 Å².